The van der Waals surface area contributed by atoms with Gasteiger partial charge in [-0.15, -0.1) is 0 Å². The molecule has 446 valence electrons. The Kier molecular flexibility index (Phi) is 29.2. The van der Waals surface area contributed by atoms with Crippen molar-refractivity contribution < 1.29 is 4.79 Å². The predicted molar refractivity (Wildman–Crippen MR) is 353 cm³/mol. The second-order valence-corrected chi connectivity index (χ2v) is 19.3. The second kappa shape index (κ2) is 38.2. The van der Waals surface area contributed by atoms with E-state index in [1.54, 1.807) is 61.4 Å². The van der Waals surface area contributed by atoms with Gasteiger partial charge < -0.3 is 45.9 Å². The van der Waals surface area contributed by atoms with Crippen LogP contribution in [0.25, 0.3) is 43.4 Å². The molecule has 0 spiro atoms. The number of hydrogen-bond acceptors (Lipinski definition) is 18. The molecule has 18 nitrogen and oxygen atoms in total. The standard InChI is InChI=1S/C10H10N2.C10H14N2.2C10H10N2.C9H8N2.C7H8N2O.C7H10N2.C6H9N3/c11-6-10-5-8-3-1-2-4-9(8)7-12-10;2*11-7-9-6-5-8-3-1-2-4-10(8)12-9;11-7-10-9-4-2-1-3-8(9)5-6-12-10;10-8-5-1-3-7-4-2-6-11-9(7)8;8-5-7(10)6-3-1-2-4-9-6;8-5-4-7-3-1-2-6-9-7;7-3-2-6-8-4-1-5-9-6/h1-5,7H,6,11H2;5-6H,1-4,7,11H2;2*1-6H,7,11H2;1-6H,10H2;1-4H,5,8H2;1-3,6H,4-5,8H2;1,4-5H,2-3,7H2. The molecule has 13 rings (SSSR count). The first-order valence-corrected chi connectivity index (χ1v) is 28.8. The van der Waals surface area contributed by atoms with Crippen LogP contribution in [0, 0.1) is 0 Å². The number of rotatable bonds is 10. The summed E-state index contributed by atoms with van der Waals surface area (Å²) < 4.78 is 0. The maximum Gasteiger partial charge on any atom is 0.194 e. The molecule has 0 aliphatic heterocycles. The molecule has 0 bridgehead atoms. The fourth-order valence-electron chi connectivity index (χ4n) is 8.59. The van der Waals surface area contributed by atoms with Gasteiger partial charge in [0.15, 0.2) is 5.78 Å². The molecule has 4 aromatic carbocycles. The maximum atomic E-state index is 10.8. The minimum atomic E-state index is -0.124. The lowest BCUT2D eigenvalue weighted by Crippen LogP contribution is -2.14. The minimum absolute atomic E-state index is 0.0248. The predicted octanol–water partition coefficient (Wildman–Crippen LogP) is 9.10. The van der Waals surface area contributed by atoms with Crippen molar-refractivity contribution in [2.45, 2.75) is 64.7 Å². The minimum Gasteiger partial charge on any atom is -0.397 e. The average molecular weight is 1160 g/mol. The van der Waals surface area contributed by atoms with Crippen LogP contribution >= 0.6 is 0 Å². The Balaban J connectivity index is 0.000000159. The Morgan fingerprint density at radius 2 is 1.03 bits per heavy atom. The molecular weight excluding hydrogens is 1080 g/mol. The van der Waals surface area contributed by atoms with E-state index in [1.165, 1.54) is 41.3 Å². The summed E-state index contributed by atoms with van der Waals surface area (Å²) in [4.78, 5) is 48.1. The van der Waals surface area contributed by atoms with Gasteiger partial charge in [0.1, 0.15) is 11.5 Å². The molecule has 8 heterocycles. The van der Waals surface area contributed by atoms with Crippen molar-refractivity contribution in [1.82, 2.24) is 44.9 Å². The van der Waals surface area contributed by atoms with E-state index in [1.807, 2.05) is 146 Å². The van der Waals surface area contributed by atoms with Crippen LogP contribution in [0.1, 0.15) is 68.9 Å². The van der Waals surface area contributed by atoms with E-state index in [4.69, 9.17) is 45.9 Å². The van der Waals surface area contributed by atoms with Gasteiger partial charge in [-0.05, 0) is 128 Å². The zero-order valence-corrected chi connectivity index (χ0v) is 49.1. The van der Waals surface area contributed by atoms with Gasteiger partial charge >= 0.3 is 0 Å². The number of ketones is 1. The van der Waals surface area contributed by atoms with Gasteiger partial charge in [0, 0.05) is 115 Å². The van der Waals surface area contributed by atoms with Crippen molar-refractivity contribution in [2.75, 3.05) is 25.4 Å². The first kappa shape index (κ1) is 66.4. The highest BCUT2D eigenvalue weighted by Crippen LogP contribution is 2.20. The molecule has 0 atom stereocenters. The van der Waals surface area contributed by atoms with Gasteiger partial charge in [0.2, 0.25) is 0 Å². The molecule has 8 aromatic heterocycles. The average Bonchev–Trinajstić information content (AvgIpc) is 3.69. The van der Waals surface area contributed by atoms with E-state index < -0.39 is 0 Å². The number of carbonyl (C=O) groups is 1. The smallest absolute Gasteiger partial charge is 0.194 e. The number of fused-ring (bicyclic) bond motifs is 5. The number of nitrogens with two attached hydrogens (primary N) is 8. The summed E-state index contributed by atoms with van der Waals surface area (Å²) in [6.07, 6.45) is 18.8. The lowest BCUT2D eigenvalue weighted by Gasteiger charge is -2.14. The van der Waals surface area contributed by atoms with E-state index >= 15 is 0 Å². The molecule has 0 unspecified atom stereocenters. The fourth-order valence-corrected chi connectivity index (χ4v) is 8.59. The van der Waals surface area contributed by atoms with Crippen molar-refractivity contribution in [2.24, 2.45) is 40.1 Å². The van der Waals surface area contributed by atoms with Crippen LogP contribution in [0.2, 0.25) is 0 Å². The monoisotopic (exact) mass is 1160 g/mol. The largest absolute Gasteiger partial charge is 0.397 e. The fraction of sp³-hybridized carbons (Fsp3) is 0.188. The number of benzene rings is 4. The van der Waals surface area contributed by atoms with Crippen LogP contribution in [-0.2, 0) is 51.9 Å². The molecule has 12 aromatic rings. The van der Waals surface area contributed by atoms with Crippen LogP contribution in [-0.4, -0.2) is 70.3 Å². The van der Waals surface area contributed by atoms with Gasteiger partial charge in [-0.1, -0.05) is 109 Å². The summed E-state index contributed by atoms with van der Waals surface area (Å²) in [6.45, 7) is 3.39. The molecule has 0 saturated heterocycles. The lowest BCUT2D eigenvalue weighted by molar-refractivity contribution is 0.0996. The topological polar surface area (TPSA) is 341 Å². The summed E-state index contributed by atoms with van der Waals surface area (Å²) in [7, 11) is 0. The highest BCUT2D eigenvalue weighted by atomic mass is 16.1. The second-order valence-electron chi connectivity index (χ2n) is 19.3. The summed E-state index contributed by atoms with van der Waals surface area (Å²) in [5, 5.41) is 6.97. The van der Waals surface area contributed by atoms with Gasteiger partial charge in [-0.3, -0.25) is 39.7 Å². The van der Waals surface area contributed by atoms with Crippen LogP contribution in [0.3, 0.4) is 0 Å². The molecule has 16 N–H and O–H groups in total. The van der Waals surface area contributed by atoms with E-state index in [2.05, 4.69) is 63.1 Å². The molecule has 0 fully saturated rings. The number of pyridine rings is 7. The van der Waals surface area contributed by atoms with Crippen molar-refractivity contribution in [1.29, 1.82) is 0 Å². The highest BCUT2D eigenvalue weighted by Gasteiger charge is 2.10. The Morgan fingerprint density at radius 3 is 1.72 bits per heavy atom. The van der Waals surface area contributed by atoms with E-state index in [9.17, 15) is 4.79 Å². The van der Waals surface area contributed by atoms with E-state index in [-0.39, 0.29) is 12.3 Å². The van der Waals surface area contributed by atoms with E-state index in [0.29, 0.717) is 45.0 Å². The molecule has 0 amide bonds. The first-order chi connectivity index (χ1) is 42.7. The quantitative estimate of drug-likeness (QED) is 0.0467. The number of carbonyl (C=O) groups excluding carboxylic acids is 1. The third-order valence-corrected chi connectivity index (χ3v) is 13.1. The zero-order valence-electron chi connectivity index (χ0n) is 49.1. The van der Waals surface area contributed by atoms with Gasteiger partial charge in [-0.25, -0.2) is 9.97 Å². The molecule has 1 aliphatic rings. The molecular formula is C69H79N17O. The Labute approximate surface area is 509 Å². The number of para-hydroxylation sites is 2. The molecule has 18 heteroatoms. The molecule has 1 aliphatic carbocycles. The normalized spacial score (nSPS) is 10.8. The van der Waals surface area contributed by atoms with Gasteiger partial charge in [0.05, 0.1) is 46.0 Å². The van der Waals surface area contributed by atoms with Crippen LogP contribution in [0.15, 0.2) is 225 Å². The zero-order chi connectivity index (χ0) is 61.7. The van der Waals surface area contributed by atoms with Crippen molar-refractivity contribution in [3.63, 3.8) is 0 Å². The Morgan fingerprint density at radius 1 is 0.414 bits per heavy atom. The number of nitrogen functional groups attached to an aromatic ring is 1. The number of nitrogens with zero attached hydrogens (tertiary/aromatic N) is 9. The lowest BCUT2D eigenvalue weighted by atomic mass is 9.96. The third-order valence-electron chi connectivity index (χ3n) is 13.1. The Hall–Kier alpha value is -9.76. The maximum absolute atomic E-state index is 10.8. The molecule has 0 saturated carbocycles. The van der Waals surface area contributed by atoms with Gasteiger partial charge in [-0.2, -0.15) is 0 Å². The van der Waals surface area contributed by atoms with E-state index in [0.717, 1.165) is 91.8 Å². The van der Waals surface area contributed by atoms with Gasteiger partial charge in [0.25, 0.3) is 0 Å². The third kappa shape index (κ3) is 22.6. The van der Waals surface area contributed by atoms with Crippen LogP contribution < -0.4 is 45.9 Å². The first-order valence-electron chi connectivity index (χ1n) is 28.8. The SMILES string of the molecule is NCC(=O)c1ccccn1.NCCc1ccccn1.NCCc1ncccn1.NCc1cc2ccccc2cn1.NCc1ccc2c(n1)CCCC2.NCc1ccc2ccccc2n1.NCc1nccc2ccccc12.Nc1cccc2cccnc12. The number of aromatic nitrogens is 9. The van der Waals surface area contributed by atoms with Crippen molar-refractivity contribution in [3.05, 3.63) is 277 Å². The number of aryl methyl sites for hydroxylation is 2. The number of Topliss-reactive ketones (excluding diaryl/α,β-unsaturated/α-hetero) is 1. The summed E-state index contributed by atoms with van der Waals surface area (Å²) in [5.74, 6) is 0.695. The number of anilines is 1. The summed E-state index contributed by atoms with van der Waals surface area (Å²) in [5.41, 5.74) is 54.2. The van der Waals surface area contributed by atoms with Crippen LogP contribution in [0.5, 0.6) is 0 Å². The Bertz CT molecular complexity index is 3760. The molecule has 0 radical (unpaired) electrons. The summed E-state index contributed by atoms with van der Waals surface area (Å²) >= 11 is 0. The number of hydrogen-bond donors (Lipinski definition) is 8. The molecule has 87 heavy (non-hydrogen) atoms. The van der Waals surface area contributed by atoms with Crippen LogP contribution in [0.4, 0.5) is 5.69 Å². The van der Waals surface area contributed by atoms with Crippen molar-refractivity contribution in [3.8, 4) is 0 Å². The van der Waals surface area contributed by atoms with Crippen molar-refractivity contribution >= 4 is 54.8 Å². The highest BCUT2D eigenvalue weighted by molar-refractivity contribution is 5.95. The summed E-state index contributed by atoms with van der Waals surface area (Å²) in [6, 6.07) is 59.0.